The van der Waals surface area contributed by atoms with Gasteiger partial charge in [0.25, 0.3) is 0 Å². The van der Waals surface area contributed by atoms with Crippen LogP contribution in [0.15, 0.2) is 0 Å². The Balaban J connectivity index is 4.41. The molecule has 5 heteroatoms. The van der Waals surface area contributed by atoms with Crippen molar-refractivity contribution in [2.45, 2.75) is 25.8 Å². The minimum Gasteiger partial charge on any atom is -0.370 e. The standard InChI is InChI=1S/C9H16N2O3/c1-6(12)4-8(13)7(11(2)3)5-9(10)14/h7H,4-5H2,1-3H3,(H2,10,14). The summed E-state index contributed by atoms with van der Waals surface area (Å²) in [6, 6.07) is -0.587. The Morgan fingerprint density at radius 2 is 1.79 bits per heavy atom. The Labute approximate surface area is 83.2 Å². The number of hydrogen-bond acceptors (Lipinski definition) is 4. The van der Waals surface area contributed by atoms with Crippen LogP contribution in [0.25, 0.3) is 0 Å². The molecule has 2 N–H and O–H groups in total. The molecule has 0 rings (SSSR count). The molecule has 0 saturated carbocycles. The van der Waals surface area contributed by atoms with Gasteiger partial charge in [0.2, 0.25) is 5.91 Å². The first-order valence-electron chi connectivity index (χ1n) is 4.31. The largest absolute Gasteiger partial charge is 0.370 e. The number of primary amides is 1. The molecule has 0 heterocycles. The molecular weight excluding hydrogens is 184 g/mol. The molecule has 0 aromatic carbocycles. The van der Waals surface area contributed by atoms with Gasteiger partial charge in [0.1, 0.15) is 5.78 Å². The van der Waals surface area contributed by atoms with Gasteiger partial charge in [-0.25, -0.2) is 0 Å². The van der Waals surface area contributed by atoms with Crippen LogP contribution >= 0.6 is 0 Å². The summed E-state index contributed by atoms with van der Waals surface area (Å²) >= 11 is 0. The smallest absolute Gasteiger partial charge is 0.219 e. The summed E-state index contributed by atoms with van der Waals surface area (Å²) < 4.78 is 0. The van der Waals surface area contributed by atoms with Gasteiger partial charge in [0.05, 0.1) is 12.5 Å². The Morgan fingerprint density at radius 3 is 2.07 bits per heavy atom. The van der Waals surface area contributed by atoms with Crippen LogP contribution in [-0.2, 0) is 14.4 Å². The zero-order valence-corrected chi connectivity index (χ0v) is 8.74. The molecule has 0 aliphatic heterocycles. The zero-order valence-electron chi connectivity index (χ0n) is 8.74. The van der Waals surface area contributed by atoms with Gasteiger partial charge in [-0.15, -0.1) is 0 Å². The fourth-order valence-electron chi connectivity index (χ4n) is 1.14. The van der Waals surface area contributed by atoms with Crippen LogP contribution in [0.3, 0.4) is 0 Å². The molecule has 0 aliphatic rings. The molecule has 0 aromatic rings. The van der Waals surface area contributed by atoms with Crippen molar-refractivity contribution in [1.29, 1.82) is 0 Å². The van der Waals surface area contributed by atoms with Crippen LogP contribution in [-0.4, -0.2) is 42.5 Å². The van der Waals surface area contributed by atoms with Gasteiger partial charge < -0.3 is 5.73 Å². The van der Waals surface area contributed by atoms with Gasteiger partial charge in [0, 0.05) is 6.42 Å². The maximum Gasteiger partial charge on any atom is 0.219 e. The van der Waals surface area contributed by atoms with Crippen LogP contribution in [0.4, 0.5) is 0 Å². The van der Waals surface area contributed by atoms with E-state index in [9.17, 15) is 14.4 Å². The van der Waals surface area contributed by atoms with Crippen LogP contribution in [0, 0.1) is 0 Å². The normalized spacial score (nSPS) is 12.6. The molecule has 5 nitrogen and oxygen atoms in total. The highest BCUT2D eigenvalue weighted by molar-refractivity contribution is 6.01. The van der Waals surface area contributed by atoms with Gasteiger partial charge in [0.15, 0.2) is 5.78 Å². The van der Waals surface area contributed by atoms with Crippen molar-refractivity contribution in [3.8, 4) is 0 Å². The number of carbonyl (C=O) groups is 3. The predicted octanol–water partition coefficient (Wildman–Crippen LogP) is -0.660. The Kier molecular flexibility index (Phi) is 5.01. The lowest BCUT2D eigenvalue weighted by Crippen LogP contribution is -2.39. The first kappa shape index (κ1) is 12.8. The lowest BCUT2D eigenvalue weighted by atomic mass is 10.0. The summed E-state index contributed by atoms with van der Waals surface area (Å²) in [6.45, 7) is 1.34. The topological polar surface area (TPSA) is 80.5 Å². The Morgan fingerprint density at radius 1 is 1.29 bits per heavy atom. The van der Waals surface area contributed by atoms with Gasteiger partial charge in [-0.2, -0.15) is 0 Å². The monoisotopic (exact) mass is 200 g/mol. The maximum atomic E-state index is 11.5. The van der Waals surface area contributed by atoms with E-state index in [1.165, 1.54) is 6.92 Å². The molecule has 1 atom stereocenters. The number of carbonyl (C=O) groups excluding carboxylic acids is 3. The second kappa shape index (κ2) is 5.49. The highest BCUT2D eigenvalue weighted by Gasteiger charge is 2.23. The van der Waals surface area contributed by atoms with Crippen molar-refractivity contribution in [1.82, 2.24) is 4.90 Å². The summed E-state index contributed by atoms with van der Waals surface area (Å²) in [5, 5.41) is 0. The average Bonchev–Trinajstić information content (AvgIpc) is 1.97. The van der Waals surface area contributed by atoms with E-state index in [-0.39, 0.29) is 24.4 Å². The molecule has 0 radical (unpaired) electrons. The molecule has 14 heavy (non-hydrogen) atoms. The predicted molar refractivity (Wildman–Crippen MR) is 51.6 cm³/mol. The van der Waals surface area contributed by atoms with E-state index in [4.69, 9.17) is 5.73 Å². The molecule has 0 saturated heterocycles. The number of ketones is 2. The summed E-state index contributed by atoms with van der Waals surface area (Å²) in [5.41, 5.74) is 5.00. The summed E-state index contributed by atoms with van der Waals surface area (Å²) in [4.78, 5) is 34.4. The highest BCUT2D eigenvalue weighted by atomic mass is 16.2. The number of likely N-dealkylation sites (N-methyl/N-ethyl adjacent to an activating group) is 1. The van der Waals surface area contributed by atoms with E-state index in [0.29, 0.717) is 0 Å². The van der Waals surface area contributed by atoms with E-state index in [1.54, 1.807) is 19.0 Å². The lowest BCUT2D eigenvalue weighted by Gasteiger charge is -2.20. The van der Waals surface area contributed by atoms with Gasteiger partial charge in [-0.1, -0.05) is 0 Å². The molecule has 0 aliphatic carbocycles. The molecular formula is C9H16N2O3. The third-order valence-corrected chi connectivity index (χ3v) is 1.81. The minimum atomic E-state index is -0.587. The molecule has 1 amide bonds. The summed E-state index contributed by atoms with van der Waals surface area (Å²) in [7, 11) is 3.34. The maximum absolute atomic E-state index is 11.5. The fourth-order valence-corrected chi connectivity index (χ4v) is 1.14. The van der Waals surface area contributed by atoms with E-state index >= 15 is 0 Å². The van der Waals surface area contributed by atoms with Crippen molar-refractivity contribution in [3.63, 3.8) is 0 Å². The Bertz CT molecular complexity index is 248. The van der Waals surface area contributed by atoms with Crippen molar-refractivity contribution in [2.75, 3.05) is 14.1 Å². The van der Waals surface area contributed by atoms with Crippen molar-refractivity contribution in [3.05, 3.63) is 0 Å². The lowest BCUT2D eigenvalue weighted by molar-refractivity contribution is -0.131. The quantitative estimate of drug-likeness (QED) is 0.577. The van der Waals surface area contributed by atoms with Gasteiger partial charge in [-0.3, -0.25) is 19.3 Å². The van der Waals surface area contributed by atoms with Crippen LogP contribution in [0.5, 0.6) is 0 Å². The van der Waals surface area contributed by atoms with E-state index in [0.717, 1.165) is 0 Å². The molecule has 0 spiro atoms. The van der Waals surface area contributed by atoms with Crippen molar-refractivity contribution < 1.29 is 14.4 Å². The minimum absolute atomic E-state index is 0.0425. The third-order valence-electron chi connectivity index (χ3n) is 1.81. The fraction of sp³-hybridized carbons (Fsp3) is 0.667. The van der Waals surface area contributed by atoms with Crippen LogP contribution in [0.2, 0.25) is 0 Å². The molecule has 1 unspecified atom stereocenters. The van der Waals surface area contributed by atoms with Crippen LogP contribution in [0.1, 0.15) is 19.8 Å². The number of rotatable bonds is 6. The summed E-state index contributed by atoms with van der Waals surface area (Å²) in [6.07, 6.45) is -0.185. The van der Waals surface area contributed by atoms with Crippen molar-refractivity contribution >= 4 is 17.5 Å². The Hall–Kier alpha value is -1.23. The second-order valence-electron chi connectivity index (χ2n) is 3.49. The first-order valence-corrected chi connectivity index (χ1v) is 4.31. The second-order valence-corrected chi connectivity index (χ2v) is 3.49. The number of Topliss-reactive ketones (excluding diaryl/α,β-unsaturated/α-hetero) is 2. The zero-order chi connectivity index (χ0) is 11.3. The van der Waals surface area contributed by atoms with E-state index in [1.807, 2.05) is 0 Å². The third kappa shape index (κ3) is 4.71. The SMILES string of the molecule is CC(=O)CC(=O)C(CC(N)=O)N(C)C. The average molecular weight is 200 g/mol. The molecule has 80 valence electrons. The van der Waals surface area contributed by atoms with Crippen molar-refractivity contribution in [2.24, 2.45) is 5.73 Å². The van der Waals surface area contributed by atoms with E-state index < -0.39 is 11.9 Å². The summed E-state index contributed by atoms with van der Waals surface area (Å²) in [5.74, 6) is -1.01. The number of nitrogens with zero attached hydrogens (tertiary/aromatic N) is 1. The highest BCUT2D eigenvalue weighted by Crippen LogP contribution is 2.04. The van der Waals surface area contributed by atoms with Gasteiger partial charge >= 0.3 is 0 Å². The first-order chi connectivity index (χ1) is 6.34. The number of hydrogen-bond donors (Lipinski definition) is 1. The molecule has 0 aromatic heterocycles. The molecule has 0 fully saturated rings. The van der Waals surface area contributed by atoms with E-state index in [2.05, 4.69) is 0 Å². The van der Waals surface area contributed by atoms with Crippen LogP contribution < -0.4 is 5.73 Å². The van der Waals surface area contributed by atoms with Gasteiger partial charge in [-0.05, 0) is 21.0 Å². The number of nitrogens with two attached hydrogens (primary N) is 1. The number of amides is 1. The molecule has 0 bridgehead atoms.